The van der Waals surface area contributed by atoms with Crippen LogP contribution in [0.1, 0.15) is 34.1 Å². The highest BCUT2D eigenvalue weighted by atomic mass is 32.2. The molecule has 128 valence electrons. The highest BCUT2D eigenvalue weighted by Gasteiger charge is 2.48. The number of thioether (sulfide) groups is 1. The van der Waals surface area contributed by atoms with Crippen LogP contribution in [0.3, 0.4) is 0 Å². The Hall–Kier alpha value is -0.783. The van der Waals surface area contributed by atoms with E-state index in [1.54, 1.807) is 11.8 Å². The van der Waals surface area contributed by atoms with E-state index in [-0.39, 0.29) is 28.3 Å². The molecule has 1 aliphatic rings. The SMILES string of the molecule is CC[C@H](O[Si](C)(C)C(C)(C)C)[C@@H]1C(=O)N[C@H]1Sc1ccccc1. The van der Waals surface area contributed by atoms with Crippen LogP contribution in [0.5, 0.6) is 0 Å². The van der Waals surface area contributed by atoms with E-state index in [1.807, 2.05) is 18.2 Å². The first-order valence-electron chi connectivity index (χ1n) is 8.35. The Morgan fingerprint density at radius 2 is 1.87 bits per heavy atom. The van der Waals surface area contributed by atoms with Gasteiger partial charge in [-0.15, -0.1) is 11.8 Å². The maximum atomic E-state index is 12.2. The zero-order valence-electron chi connectivity index (χ0n) is 15.1. The van der Waals surface area contributed by atoms with Gasteiger partial charge in [0.15, 0.2) is 8.32 Å². The summed E-state index contributed by atoms with van der Waals surface area (Å²) in [5, 5.41) is 3.31. The average molecular weight is 352 g/mol. The van der Waals surface area contributed by atoms with E-state index < -0.39 is 8.32 Å². The van der Waals surface area contributed by atoms with E-state index in [9.17, 15) is 4.79 Å². The third kappa shape index (κ3) is 4.20. The Morgan fingerprint density at radius 1 is 1.26 bits per heavy atom. The molecule has 1 aromatic rings. The third-order valence-electron chi connectivity index (χ3n) is 4.97. The fourth-order valence-corrected chi connectivity index (χ4v) is 5.10. The summed E-state index contributed by atoms with van der Waals surface area (Å²) in [7, 11) is -1.87. The first-order chi connectivity index (χ1) is 10.7. The molecule has 1 fully saturated rings. The molecule has 0 spiro atoms. The summed E-state index contributed by atoms with van der Waals surface area (Å²) in [6.45, 7) is 13.3. The van der Waals surface area contributed by atoms with Gasteiger partial charge in [0.25, 0.3) is 0 Å². The molecule has 0 unspecified atom stereocenters. The van der Waals surface area contributed by atoms with Crippen LogP contribution in [0.4, 0.5) is 0 Å². The first-order valence-corrected chi connectivity index (χ1v) is 12.1. The van der Waals surface area contributed by atoms with Gasteiger partial charge in [0.1, 0.15) is 0 Å². The molecule has 23 heavy (non-hydrogen) atoms. The van der Waals surface area contributed by atoms with Gasteiger partial charge in [-0.2, -0.15) is 0 Å². The van der Waals surface area contributed by atoms with Gasteiger partial charge in [-0.3, -0.25) is 4.79 Å². The van der Waals surface area contributed by atoms with Crippen LogP contribution >= 0.6 is 11.8 Å². The number of carbonyl (C=O) groups is 1. The highest BCUT2D eigenvalue weighted by Crippen LogP contribution is 2.41. The van der Waals surface area contributed by atoms with Gasteiger partial charge in [-0.05, 0) is 36.7 Å². The van der Waals surface area contributed by atoms with Crippen molar-refractivity contribution in [3.05, 3.63) is 30.3 Å². The lowest BCUT2D eigenvalue weighted by atomic mass is 9.93. The molecule has 3 atom stereocenters. The molecule has 0 bridgehead atoms. The average Bonchev–Trinajstić information content (AvgIpc) is 2.45. The Kier molecular flexibility index (Phi) is 5.64. The smallest absolute Gasteiger partial charge is 0.229 e. The standard InChI is InChI=1S/C18H29NO2SSi/c1-7-14(21-23(5,6)18(2,3)4)15-16(20)19-17(15)22-13-11-9-8-10-12-13/h8-12,14-15,17H,7H2,1-6H3,(H,19,20)/t14-,15+,17-/m0/s1. The molecule has 0 saturated carbocycles. The minimum Gasteiger partial charge on any atom is -0.413 e. The monoisotopic (exact) mass is 351 g/mol. The minimum absolute atomic E-state index is 0.00542. The molecule has 2 rings (SSSR count). The first kappa shape index (κ1) is 18.6. The molecular formula is C18H29NO2SSi. The molecule has 1 heterocycles. The van der Waals surface area contributed by atoms with Gasteiger partial charge in [0.05, 0.1) is 17.4 Å². The van der Waals surface area contributed by atoms with Gasteiger partial charge in [0, 0.05) is 4.90 Å². The number of rotatable bonds is 6. The molecule has 1 saturated heterocycles. The van der Waals surface area contributed by atoms with E-state index in [0.29, 0.717) is 0 Å². The third-order valence-corrected chi connectivity index (χ3v) is 10.7. The lowest BCUT2D eigenvalue weighted by molar-refractivity contribution is -0.137. The van der Waals surface area contributed by atoms with Crippen LogP contribution in [0.15, 0.2) is 35.2 Å². The van der Waals surface area contributed by atoms with Crippen LogP contribution in [0.2, 0.25) is 18.1 Å². The molecule has 0 aliphatic carbocycles. The predicted octanol–water partition coefficient (Wildman–Crippen LogP) is 4.65. The normalized spacial score (nSPS) is 23.1. The van der Waals surface area contributed by atoms with Crippen molar-refractivity contribution in [2.45, 2.75) is 68.6 Å². The second-order valence-corrected chi connectivity index (χ2v) is 13.7. The van der Waals surface area contributed by atoms with Crippen molar-refractivity contribution in [1.82, 2.24) is 5.32 Å². The zero-order chi connectivity index (χ0) is 17.3. The Bertz CT molecular complexity index is 542. The van der Waals surface area contributed by atoms with Crippen molar-refractivity contribution < 1.29 is 9.22 Å². The summed E-state index contributed by atoms with van der Waals surface area (Å²) in [6.07, 6.45) is 0.877. The topological polar surface area (TPSA) is 38.3 Å². The van der Waals surface area contributed by atoms with Crippen molar-refractivity contribution in [2.24, 2.45) is 5.92 Å². The van der Waals surface area contributed by atoms with Gasteiger partial charge in [0.2, 0.25) is 5.91 Å². The molecule has 1 amide bonds. The zero-order valence-corrected chi connectivity index (χ0v) is 16.9. The Balaban J connectivity index is 2.08. The number of hydrogen-bond donors (Lipinski definition) is 1. The van der Waals surface area contributed by atoms with Gasteiger partial charge < -0.3 is 9.74 Å². The highest BCUT2D eigenvalue weighted by molar-refractivity contribution is 8.00. The van der Waals surface area contributed by atoms with Crippen molar-refractivity contribution in [1.29, 1.82) is 0 Å². The molecular weight excluding hydrogens is 322 g/mol. The summed E-state index contributed by atoms with van der Waals surface area (Å²) in [4.78, 5) is 13.4. The number of β-lactam (4-membered cyclic amide) rings is 1. The van der Waals surface area contributed by atoms with E-state index >= 15 is 0 Å². The Morgan fingerprint density at radius 3 is 2.35 bits per heavy atom. The van der Waals surface area contributed by atoms with E-state index in [1.165, 1.54) is 4.90 Å². The largest absolute Gasteiger partial charge is 0.413 e. The quantitative estimate of drug-likeness (QED) is 0.599. The number of amides is 1. The lowest BCUT2D eigenvalue weighted by Crippen LogP contribution is -2.62. The second-order valence-electron chi connectivity index (χ2n) is 7.71. The summed E-state index contributed by atoms with van der Waals surface area (Å²) < 4.78 is 6.56. The van der Waals surface area contributed by atoms with Crippen LogP contribution in [-0.2, 0) is 9.22 Å². The van der Waals surface area contributed by atoms with Crippen molar-refractivity contribution in [3.63, 3.8) is 0 Å². The fraction of sp³-hybridized carbons (Fsp3) is 0.611. The van der Waals surface area contributed by atoms with Gasteiger partial charge in [-0.25, -0.2) is 0 Å². The molecule has 5 heteroatoms. The number of nitrogens with one attached hydrogen (secondary N) is 1. The Labute approximate surface area is 145 Å². The van der Waals surface area contributed by atoms with E-state index in [0.717, 1.165) is 6.42 Å². The predicted molar refractivity (Wildman–Crippen MR) is 100 cm³/mol. The molecule has 1 aliphatic heterocycles. The summed E-state index contributed by atoms with van der Waals surface area (Å²) in [6, 6.07) is 10.2. The van der Waals surface area contributed by atoms with Crippen molar-refractivity contribution in [3.8, 4) is 0 Å². The van der Waals surface area contributed by atoms with Gasteiger partial charge in [-0.1, -0.05) is 45.9 Å². The van der Waals surface area contributed by atoms with E-state index in [4.69, 9.17) is 4.43 Å². The number of benzene rings is 1. The molecule has 0 aromatic heterocycles. The lowest BCUT2D eigenvalue weighted by Gasteiger charge is -2.46. The second kappa shape index (κ2) is 6.99. The summed E-state index contributed by atoms with van der Waals surface area (Å²) >= 11 is 1.72. The molecule has 3 nitrogen and oxygen atoms in total. The summed E-state index contributed by atoms with van der Waals surface area (Å²) in [5.41, 5.74) is 0. The van der Waals surface area contributed by atoms with Crippen molar-refractivity contribution >= 4 is 26.0 Å². The minimum atomic E-state index is -1.87. The summed E-state index contributed by atoms with van der Waals surface area (Å²) in [5.74, 6) is 0.0725. The van der Waals surface area contributed by atoms with E-state index in [2.05, 4.69) is 58.2 Å². The maximum Gasteiger partial charge on any atom is 0.229 e. The number of hydrogen-bond acceptors (Lipinski definition) is 3. The maximum absolute atomic E-state index is 12.2. The van der Waals surface area contributed by atoms with Crippen LogP contribution < -0.4 is 5.32 Å². The van der Waals surface area contributed by atoms with Crippen LogP contribution in [0, 0.1) is 5.92 Å². The molecule has 1 N–H and O–H groups in total. The van der Waals surface area contributed by atoms with Gasteiger partial charge >= 0.3 is 0 Å². The van der Waals surface area contributed by atoms with Crippen LogP contribution in [-0.4, -0.2) is 25.7 Å². The van der Waals surface area contributed by atoms with Crippen molar-refractivity contribution in [2.75, 3.05) is 0 Å². The van der Waals surface area contributed by atoms with Crippen LogP contribution in [0.25, 0.3) is 0 Å². The fourth-order valence-electron chi connectivity index (χ4n) is 2.45. The number of carbonyl (C=O) groups excluding carboxylic acids is 1. The molecule has 1 aromatic carbocycles. The molecule has 0 radical (unpaired) electrons.